The van der Waals surface area contributed by atoms with Crippen molar-refractivity contribution in [3.63, 3.8) is 0 Å². The average molecular weight is 310 g/mol. The molecule has 0 amide bonds. The summed E-state index contributed by atoms with van der Waals surface area (Å²) in [4.78, 5) is 12.2. The second-order valence-electron chi connectivity index (χ2n) is 4.72. The summed E-state index contributed by atoms with van der Waals surface area (Å²) >= 11 is 0. The molecule has 0 unspecified atom stereocenters. The van der Waals surface area contributed by atoms with Crippen molar-refractivity contribution in [1.29, 1.82) is 5.26 Å². The number of rotatable bonds is 3. The molecule has 0 saturated carbocycles. The van der Waals surface area contributed by atoms with Gasteiger partial charge in [-0.3, -0.25) is 10.1 Å². The number of hydrogen-bond acceptors (Lipinski definition) is 6. The molecule has 0 bridgehead atoms. The molecule has 1 saturated heterocycles. The average Bonchev–Trinajstić information content (AvgIpc) is 2.45. The standard InChI is InChI=1S/C12H14N4O4S/c1-21(19,20)15-6-4-14(5-7-15)11-3-2-10(9-13)12(8-11)16(17)18/h2-3,8H,4-7H2,1H3. The predicted molar refractivity (Wildman–Crippen MR) is 76.4 cm³/mol. The van der Waals surface area contributed by atoms with Gasteiger partial charge in [-0.2, -0.15) is 9.57 Å². The molecule has 1 aliphatic rings. The fraction of sp³-hybridized carbons (Fsp3) is 0.417. The number of piperazine rings is 1. The van der Waals surface area contributed by atoms with Crippen LogP contribution in [0.5, 0.6) is 0 Å². The van der Waals surface area contributed by atoms with Crippen LogP contribution in [0.4, 0.5) is 11.4 Å². The highest BCUT2D eigenvalue weighted by Gasteiger charge is 2.25. The normalized spacial score (nSPS) is 16.5. The van der Waals surface area contributed by atoms with Gasteiger partial charge in [-0.25, -0.2) is 8.42 Å². The van der Waals surface area contributed by atoms with Crippen LogP contribution >= 0.6 is 0 Å². The Morgan fingerprint density at radius 1 is 1.29 bits per heavy atom. The molecular formula is C12H14N4O4S. The van der Waals surface area contributed by atoms with E-state index in [0.29, 0.717) is 31.9 Å². The highest BCUT2D eigenvalue weighted by atomic mass is 32.2. The van der Waals surface area contributed by atoms with Crippen molar-refractivity contribution in [3.05, 3.63) is 33.9 Å². The Hall–Kier alpha value is -2.18. The molecular weight excluding hydrogens is 296 g/mol. The first-order valence-corrected chi connectivity index (χ1v) is 8.06. The third kappa shape index (κ3) is 3.29. The van der Waals surface area contributed by atoms with Gasteiger partial charge in [-0.05, 0) is 12.1 Å². The summed E-state index contributed by atoms with van der Waals surface area (Å²) < 4.78 is 24.3. The smallest absolute Gasteiger partial charge is 0.289 e. The van der Waals surface area contributed by atoms with E-state index in [-0.39, 0.29) is 11.3 Å². The predicted octanol–water partition coefficient (Wildman–Crippen LogP) is 0.548. The van der Waals surface area contributed by atoms with Crippen molar-refractivity contribution >= 4 is 21.4 Å². The molecule has 1 aromatic rings. The summed E-state index contributed by atoms with van der Waals surface area (Å²) in [5.41, 5.74) is 0.396. The third-order valence-electron chi connectivity index (χ3n) is 3.37. The van der Waals surface area contributed by atoms with Gasteiger partial charge in [0.1, 0.15) is 11.6 Å². The van der Waals surface area contributed by atoms with E-state index < -0.39 is 14.9 Å². The zero-order valence-electron chi connectivity index (χ0n) is 11.4. The molecule has 0 spiro atoms. The van der Waals surface area contributed by atoms with Crippen LogP contribution in [0.2, 0.25) is 0 Å². The minimum Gasteiger partial charge on any atom is -0.369 e. The first-order valence-electron chi connectivity index (χ1n) is 6.21. The Bertz CT molecular complexity index is 702. The van der Waals surface area contributed by atoms with Crippen molar-refractivity contribution in [2.24, 2.45) is 0 Å². The summed E-state index contributed by atoms with van der Waals surface area (Å²) in [6.45, 7) is 1.59. The maximum Gasteiger partial charge on any atom is 0.289 e. The molecule has 1 fully saturated rings. The van der Waals surface area contributed by atoms with Gasteiger partial charge in [0.15, 0.2) is 0 Å². The summed E-state index contributed by atoms with van der Waals surface area (Å²) in [5.74, 6) is 0. The molecule has 8 nitrogen and oxygen atoms in total. The van der Waals surface area contributed by atoms with Gasteiger partial charge in [-0.1, -0.05) is 0 Å². The summed E-state index contributed by atoms with van der Waals surface area (Å²) in [7, 11) is -3.21. The van der Waals surface area contributed by atoms with Gasteiger partial charge in [-0.15, -0.1) is 0 Å². The molecule has 0 aromatic heterocycles. The summed E-state index contributed by atoms with van der Waals surface area (Å²) in [5, 5.41) is 19.8. The molecule has 1 aromatic carbocycles. The lowest BCUT2D eigenvalue weighted by Gasteiger charge is -2.34. The minimum atomic E-state index is -3.21. The summed E-state index contributed by atoms with van der Waals surface area (Å²) in [6.07, 6.45) is 1.16. The van der Waals surface area contributed by atoms with Gasteiger partial charge in [0.2, 0.25) is 10.0 Å². The highest BCUT2D eigenvalue weighted by Crippen LogP contribution is 2.26. The van der Waals surface area contributed by atoms with Crippen LogP contribution in [0.1, 0.15) is 5.56 Å². The molecule has 112 valence electrons. The van der Waals surface area contributed by atoms with E-state index in [0.717, 1.165) is 6.26 Å². The van der Waals surface area contributed by atoms with Crippen molar-refractivity contribution in [2.45, 2.75) is 0 Å². The van der Waals surface area contributed by atoms with Crippen LogP contribution in [0.3, 0.4) is 0 Å². The molecule has 0 N–H and O–H groups in total. The quantitative estimate of drug-likeness (QED) is 0.596. The van der Waals surface area contributed by atoms with E-state index in [2.05, 4.69) is 0 Å². The van der Waals surface area contributed by atoms with Crippen molar-refractivity contribution in [1.82, 2.24) is 4.31 Å². The van der Waals surface area contributed by atoms with Crippen LogP contribution in [0, 0.1) is 21.4 Å². The fourth-order valence-corrected chi connectivity index (χ4v) is 3.07. The molecule has 0 atom stereocenters. The van der Waals surface area contributed by atoms with Crippen LogP contribution in [0.15, 0.2) is 18.2 Å². The molecule has 0 radical (unpaired) electrons. The lowest BCUT2D eigenvalue weighted by atomic mass is 10.1. The zero-order chi connectivity index (χ0) is 15.6. The zero-order valence-corrected chi connectivity index (χ0v) is 12.2. The second-order valence-corrected chi connectivity index (χ2v) is 6.70. The van der Waals surface area contributed by atoms with Crippen molar-refractivity contribution < 1.29 is 13.3 Å². The van der Waals surface area contributed by atoms with E-state index >= 15 is 0 Å². The van der Waals surface area contributed by atoms with Crippen LogP contribution < -0.4 is 4.90 Å². The number of hydrogen-bond donors (Lipinski definition) is 0. The Balaban J connectivity index is 2.20. The molecule has 1 aliphatic heterocycles. The van der Waals surface area contributed by atoms with Crippen molar-refractivity contribution in [2.75, 3.05) is 37.3 Å². The second kappa shape index (κ2) is 5.67. The number of sulfonamides is 1. The Kier molecular flexibility index (Phi) is 4.11. The number of benzene rings is 1. The minimum absolute atomic E-state index is 0.0125. The highest BCUT2D eigenvalue weighted by molar-refractivity contribution is 7.88. The lowest BCUT2D eigenvalue weighted by molar-refractivity contribution is -0.385. The largest absolute Gasteiger partial charge is 0.369 e. The first kappa shape index (κ1) is 15.2. The Labute approximate surface area is 122 Å². The van der Waals surface area contributed by atoms with E-state index in [1.54, 1.807) is 12.1 Å². The topological polar surface area (TPSA) is 108 Å². The van der Waals surface area contributed by atoms with Crippen LogP contribution in [0.25, 0.3) is 0 Å². The Morgan fingerprint density at radius 3 is 2.38 bits per heavy atom. The van der Waals surface area contributed by atoms with Crippen LogP contribution in [-0.2, 0) is 10.0 Å². The number of nitro benzene ring substituents is 1. The number of nitriles is 1. The monoisotopic (exact) mass is 310 g/mol. The molecule has 9 heteroatoms. The van der Waals surface area contributed by atoms with E-state index in [4.69, 9.17) is 5.26 Å². The Morgan fingerprint density at radius 2 is 1.90 bits per heavy atom. The summed E-state index contributed by atoms with van der Waals surface area (Å²) in [6, 6.07) is 6.20. The van der Waals surface area contributed by atoms with Gasteiger partial charge in [0, 0.05) is 37.9 Å². The SMILES string of the molecule is CS(=O)(=O)N1CCN(c2ccc(C#N)c([N+](=O)[O-])c2)CC1. The van der Waals surface area contributed by atoms with Crippen molar-refractivity contribution in [3.8, 4) is 6.07 Å². The maximum atomic E-state index is 11.4. The van der Waals surface area contributed by atoms with Crippen LogP contribution in [-0.4, -0.2) is 50.1 Å². The molecule has 21 heavy (non-hydrogen) atoms. The lowest BCUT2D eigenvalue weighted by Crippen LogP contribution is -2.48. The maximum absolute atomic E-state index is 11.4. The van der Waals surface area contributed by atoms with E-state index in [1.807, 2.05) is 4.90 Å². The fourth-order valence-electron chi connectivity index (χ4n) is 2.24. The number of nitro groups is 1. The molecule has 0 aliphatic carbocycles. The number of nitrogens with zero attached hydrogens (tertiary/aromatic N) is 4. The number of anilines is 1. The first-order chi connectivity index (χ1) is 9.82. The van der Waals surface area contributed by atoms with Gasteiger partial charge < -0.3 is 4.90 Å². The molecule has 2 rings (SSSR count). The molecule has 1 heterocycles. The van der Waals surface area contributed by atoms with E-state index in [9.17, 15) is 18.5 Å². The third-order valence-corrected chi connectivity index (χ3v) is 4.67. The van der Waals surface area contributed by atoms with Gasteiger partial charge in [0.25, 0.3) is 5.69 Å². The van der Waals surface area contributed by atoms with E-state index in [1.165, 1.54) is 16.4 Å². The van der Waals surface area contributed by atoms with Gasteiger partial charge >= 0.3 is 0 Å². The van der Waals surface area contributed by atoms with Gasteiger partial charge in [0.05, 0.1) is 11.2 Å².